The molecule has 1 heterocycles. The van der Waals surface area contributed by atoms with Crippen LogP contribution in [0, 0.1) is 0 Å². The van der Waals surface area contributed by atoms with E-state index < -0.39 is 11.7 Å². The van der Waals surface area contributed by atoms with Crippen molar-refractivity contribution < 1.29 is 22.6 Å². The van der Waals surface area contributed by atoms with Gasteiger partial charge in [0, 0.05) is 17.6 Å². The first-order chi connectivity index (χ1) is 16.4. The Morgan fingerprint density at radius 1 is 0.912 bits per heavy atom. The molecule has 0 spiro atoms. The lowest BCUT2D eigenvalue weighted by Crippen LogP contribution is -2.12. The highest BCUT2D eigenvalue weighted by atomic mass is 19.4. The number of halogens is 3. The van der Waals surface area contributed by atoms with E-state index in [9.17, 15) is 13.2 Å². The van der Waals surface area contributed by atoms with Crippen LogP contribution in [-0.4, -0.2) is 22.7 Å². The topological polar surface area (TPSA) is 68.3 Å². The summed E-state index contributed by atoms with van der Waals surface area (Å²) in [6, 6.07) is 13.9. The maximum atomic E-state index is 13.6. The number of alkyl halides is 3. The number of ether oxygens (including phenoxy) is 2. The summed E-state index contributed by atoms with van der Waals surface area (Å²) in [4.78, 5) is 7.95. The molecule has 6 nitrogen and oxygen atoms in total. The van der Waals surface area contributed by atoms with E-state index >= 15 is 0 Å². The molecule has 1 aliphatic carbocycles. The molecule has 2 aromatic carbocycles. The second kappa shape index (κ2) is 10.6. The molecule has 1 aliphatic rings. The first-order valence-corrected chi connectivity index (χ1v) is 11.4. The summed E-state index contributed by atoms with van der Waals surface area (Å²) < 4.78 is 52.1. The SMILES string of the molecule is CCCOc1ccc(Nc2nc(Nc3ccc(OC4CCCC4)cc3)ncc2C(F)(F)F)cc1. The fraction of sp³-hybridized carbons (Fsp3) is 0.360. The normalized spacial score (nSPS) is 14.1. The number of hydrogen-bond acceptors (Lipinski definition) is 6. The summed E-state index contributed by atoms with van der Waals surface area (Å²) in [5, 5.41) is 5.71. The molecule has 0 amide bonds. The maximum absolute atomic E-state index is 13.6. The van der Waals surface area contributed by atoms with Gasteiger partial charge in [0.1, 0.15) is 22.9 Å². The molecule has 1 aromatic heterocycles. The fourth-order valence-electron chi connectivity index (χ4n) is 3.68. The summed E-state index contributed by atoms with van der Waals surface area (Å²) >= 11 is 0. The van der Waals surface area contributed by atoms with Crippen LogP contribution in [0.4, 0.5) is 36.3 Å². The number of anilines is 4. The van der Waals surface area contributed by atoms with Gasteiger partial charge in [0.2, 0.25) is 5.95 Å². The van der Waals surface area contributed by atoms with Crippen molar-refractivity contribution >= 4 is 23.1 Å². The van der Waals surface area contributed by atoms with E-state index in [2.05, 4.69) is 20.6 Å². The lowest BCUT2D eigenvalue weighted by molar-refractivity contribution is -0.137. The monoisotopic (exact) mass is 472 g/mol. The van der Waals surface area contributed by atoms with Crippen LogP contribution in [0.15, 0.2) is 54.7 Å². The molecular formula is C25H27F3N4O2. The summed E-state index contributed by atoms with van der Waals surface area (Å²) in [5.41, 5.74) is 0.138. The smallest absolute Gasteiger partial charge is 0.421 e. The minimum atomic E-state index is -4.61. The lowest BCUT2D eigenvalue weighted by atomic mass is 10.2. The average molecular weight is 473 g/mol. The largest absolute Gasteiger partial charge is 0.494 e. The molecule has 0 atom stereocenters. The van der Waals surface area contributed by atoms with Crippen LogP contribution in [0.2, 0.25) is 0 Å². The summed E-state index contributed by atoms with van der Waals surface area (Å²) in [6.07, 6.45) is 1.76. The van der Waals surface area contributed by atoms with Gasteiger partial charge in [-0.2, -0.15) is 18.2 Å². The molecule has 34 heavy (non-hydrogen) atoms. The van der Waals surface area contributed by atoms with Crippen molar-refractivity contribution in [3.05, 3.63) is 60.3 Å². The van der Waals surface area contributed by atoms with Gasteiger partial charge in [-0.05, 0) is 80.6 Å². The second-order valence-corrected chi connectivity index (χ2v) is 8.13. The van der Waals surface area contributed by atoms with Crippen molar-refractivity contribution in [2.45, 2.75) is 51.3 Å². The highest BCUT2D eigenvalue weighted by Crippen LogP contribution is 2.35. The number of aromatic nitrogens is 2. The van der Waals surface area contributed by atoms with Gasteiger partial charge >= 0.3 is 6.18 Å². The second-order valence-electron chi connectivity index (χ2n) is 8.13. The predicted molar refractivity (Wildman–Crippen MR) is 125 cm³/mol. The van der Waals surface area contributed by atoms with E-state index in [1.807, 2.05) is 19.1 Å². The van der Waals surface area contributed by atoms with Gasteiger partial charge in [-0.25, -0.2) is 4.98 Å². The van der Waals surface area contributed by atoms with E-state index in [1.54, 1.807) is 36.4 Å². The van der Waals surface area contributed by atoms with Crippen LogP contribution >= 0.6 is 0 Å². The van der Waals surface area contributed by atoms with Crippen molar-refractivity contribution in [3.63, 3.8) is 0 Å². The molecule has 180 valence electrons. The summed E-state index contributed by atoms with van der Waals surface area (Å²) in [6.45, 7) is 2.56. The number of nitrogens with zero attached hydrogens (tertiary/aromatic N) is 2. The van der Waals surface area contributed by atoms with Crippen molar-refractivity contribution in [3.8, 4) is 11.5 Å². The third-order valence-electron chi connectivity index (χ3n) is 5.40. The lowest BCUT2D eigenvalue weighted by Gasteiger charge is -2.16. The standard InChI is InChI=1S/C25H27F3N4O2/c1-2-15-33-19-11-7-17(8-12-19)30-23-22(25(26,27)28)16-29-24(32-23)31-18-9-13-21(14-10-18)34-20-5-3-4-6-20/h7-14,16,20H,2-6,15H2,1H3,(H2,29,30,31,32). The van der Waals surface area contributed by atoms with Crippen LogP contribution < -0.4 is 20.1 Å². The first-order valence-electron chi connectivity index (χ1n) is 11.4. The van der Waals surface area contributed by atoms with E-state index in [-0.39, 0.29) is 17.9 Å². The quantitative estimate of drug-likeness (QED) is 0.346. The van der Waals surface area contributed by atoms with Crippen LogP contribution in [-0.2, 0) is 6.18 Å². The molecule has 0 unspecified atom stereocenters. The van der Waals surface area contributed by atoms with Crippen LogP contribution in [0.3, 0.4) is 0 Å². The average Bonchev–Trinajstić information content (AvgIpc) is 3.32. The van der Waals surface area contributed by atoms with E-state index in [0.717, 1.165) is 31.2 Å². The molecule has 2 N–H and O–H groups in total. The zero-order valence-corrected chi connectivity index (χ0v) is 18.9. The van der Waals surface area contributed by atoms with Crippen LogP contribution in [0.1, 0.15) is 44.6 Å². The van der Waals surface area contributed by atoms with Gasteiger partial charge < -0.3 is 20.1 Å². The predicted octanol–water partition coefficient (Wildman–Crippen LogP) is 7.09. The maximum Gasteiger partial charge on any atom is 0.421 e. The summed E-state index contributed by atoms with van der Waals surface area (Å²) in [7, 11) is 0. The first kappa shape index (κ1) is 23.7. The zero-order valence-electron chi connectivity index (χ0n) is 18.9. The van der Waals surface area contributed by atoms with E-state index in [4.69, 9.17) is 9.47 Å². The Bertz CT molecular complexity index is 1070. The third-order valence-corrected chi connectivity index (χ3v) is 5.40. The number of benzene rings is 2. The molecule has 1 saturated carbocycles. The highest BCUT2D eigenvalue weighted by molar-refractivity contribution is 5.63. The molecule has 9 heteroatoms. The van der Waals surface area contributed by atoms with Crippen molar-refractivity contribution in [2.75, 3.05) is 17.2 Å². The Kier molecular flexibility index (Phi) is 7.40. The summed E-state index contributed by atoms with van der Waals surface area (Å²) in [5.74, 6) is 1.12. The third kappa shape index (κ3) is 6.30. The highest BCUT2D eigenvalue weighted by Gasteiger charge is 2.35. The van der Waals surface area contributed by atoms with Gasteiger partial charge in [-0.1, -0.05) is 6.92 Å². The Morgan fingerprint density at radius 3 is 2.15 bits per heavy atom. The molecule has 0 saturated heterocycles. The Morgan fingerprint density at radius 2 is 1.53 bits per heavy atom. The molecule has 3 aromatic rings. The number of nitrogens with one attached hydrogen (secondary N) is 2. The minimum Gasteiger partial charge on any atom is -0.494 e. The van der Waals surface area contributed by atoms with Gasteiger partial charge in [-0.3, -0.25) is 0 Å². The van der Waals surface area contributed by atoms with Crippen molar-refractivity contribution in [1.82, 2.24) is 9.97 Å². The Hall–Kier alpha value is -3.49. The van der Waals surface area contributed by atoms with Crippen molar-refractivity contribution in [2.24, 2.45) is 0 Å². The Balaban J connectivity index is 1.48. The van der Waals surface area contributed by atoms with Crippen LogP contribution in [0.5, 0.6) is 11.5 Å². The molecule has 1 fully saturated rings. The fourth-order valence-corrected chi connectivity index (χ4v) is 3.68. The molecule has 0 radical (unpaired) electrons. The number of rotatable bonds is 9. The van der Waals surface area contributed by atoms with Gasteiger partial charge in [0.05, 0.1) is 12.7 Å². The number of hydrogen-bond donors (Lipinski definition) is 2. The van der Waals surface area contributed by atoms with Gasteiger partial charge in [0.15, 0.2) is 0 Å². The van der Waals surface area contributed by atoms with E-state index in [0.29, 0.717) is 23.7 Å². The van der Waals surface area contributed by atoms with Crippen molar-refractivity contribution in [1.29, 1.82) is 0 Å². The molecule has 4 rings (SSSR count). The zero-order chi connectivity index (χ0) is 24.0. The Labute approximate surface area is 196 Å². The molecule has 0 aliphatic heterocycles. The van der Waals surface area contributed by atoms with Crippen LogP contribution in [0.25, 0.3) is 0 Å². The minimum absolute atomic E-state index is 0.0443. The molecule has 0 bridgehead atoms. The molecular weight excluding hydrogens is 445 g/mol. The van der Waals surface area contributed by atoms with E-state index in [1.165, 1.54) is 12.8 Å². The van der Waals surface area contributed by atoms with Gasteiger partial charge in [-0.15, -0.1) is 0 Å². The van der Waals surface area contributed by atoms with Gasteiger partial charge in [0.25, 0.3) is 0 Å².